The molecule has 2 aromatic carbocycles. The molecule has 0 saturated heterocycles. The smallest absolute Gasteiger partial charge is 0.236 e. The molecule has 3 heteroatoms. The van der Waals surface area contributed by atoms with E-state index in [1.165, 1.54) is 23.3 Å². The Labute approximate surface area is 122 Å². The molecule has 0 spiro atoms. The van der Waals surface area contributed by atoms with Gasteiger partial charge in [-0.25, -0.2) is 4.79 Å². The summed E-state index contributed by atoms with van der Waals surface area (Å²) in [6.07, 6.45) is 3.45. The highest BCUT2D eigenvalue weighted by Crippen LogP contribution is 2.40. The van der Waals surface area contributed by atoms with Crippen LogP contribution in [0.25, 0.3) is 11.1 Å². The zero-order valence-corrected chi connectivity index (χ0v) is 11.4. The van der Waals surface area contributed by atoms with Gasteiger partial charge in [-0.15, -0.1) is 0 Å². The normalized spacial score (nSPS) is 12.8. The molecule has 0 aliphatic heterocycles. The van der Waals surface area contributed by atoms with E-state index in [0.29, 0.717) is 0 Å². The first kappa shape index (κ1) is 13.2. The van der Waals surface area contributed by atoms with E-state index in [9.17, 15) is 9.59 Å². The highest BCUT2D eigenvalue weighted by Gasteiger charge is 2.26. The number of carbonyl (C=O) groups is 1. The van der Waals surface area contributed by atoms with Crippen LogP contribution < -0.4 is 0 Å². The molecule has 102 valence electrons. The number of nitrogens with zero attached hydrogens (tertiary/aromatic N) is 1. The Bertz CT molecular complexity index is 786. The summed E-state index contributed by atoms with van der Waals surface area (Å²) in [7, 11) is 0. The highest BCUT2D eigenvalue weighted by molar-refractivity contribution is 5.96. The minimum absolute atomic E-state index is 0.289. The summed E-state index contributed by atoms with van der Waals surface area (Å²) >= 11 is 0. The number of fused-ring (bicyclic) bond motifs is 3. The monoisotopic (exact) mass is 275 g/mol. The number of aliphatic imine (C=N–C) groups is 1. The first-order chi connectivity index (χ1) is 10.3. The molecular formula is C18H13NO2. The lowest BCUT2D eigenvalue weighted by atomic mass is 9.94. The van der Waals surface area contributed by atoms with Crippen LogP contribution in [-0.2, 0) is 16.0 Å². The minimum atomic E-state index is -0.843. The van der Waals surface area contributed by atoms with Crippen LogP contribution in [0, 0.1) is 0 Å². The maximum Gasteiger partial charge on any atom is 0.236 e. The molecule has 0 heterocycles. The van der Waals surface area contributed by atoms with Crippen molar-refractivity contribution in [3.8, 4) is 11.1 Å². The highest BCUT2D eigenvalue weighted by atomic mass is 16.1. The summed E-state index contributed by atoms with van der Waals surface area (Å²) < 4.78 is 0. The van der Waals surface area contributed by atoms with Crippen molar-refractivity contribution in [1.82, 2.24) is 0 Å². The second-order valence-corrected chi connectivity index (χ2v) is 4.94. The molecule has 1 unspecified atom stereocenters. The predicted octanol–water partition coefficient (Wildman–Crippen LogP) is 3.39. The van der Waals surface area contributed by atoms with Crippen LogP contribution in [0.4, 0.5) is 0 Å². The van der Waals surface area contributed by atoms with Gasteiger partial charge in [0.2, 0.25) is 6.08 Å². The predicted molar refractivity (Wildman–Crippen MR) is 80.8 cm³/mol. The third-order valence-corrected chi connectivity index (χ3v) is 3.83. The fourth-order valence-electron chi connectivity index (χ4n) is 2.89. The van der Waals surface area contributed by atoms with Gasteiger partial charge in [0.15, 0.2) is 11.8 Å². The summed E-state index contributed by atoms with van der Waals surface area (Å²) in [5, 5.41) is 0. The molecule has 0 bridgehead atoms. The minimum Gasteiger partial charge on any atom is -0.292 e. The molecule has 2 aromatic rings. The van der Waals surface area contributed by atoms with Gasteiger partial charge in [-0.3, -0.25) is 4.79 Å². The summed E-state index contributed by atoms with van der Waals surface area (Å²) in [6, 6.07) is 13.1. The zero-order chi connectivity index (χ0) is 14.8. The molecule has 1 aliphatic rings. The van der Waals surface area contributed by atoms with Gasteiger partial charge in [0, 0.05) is 0 Å². The Balaban J connectivity index is 2.17. The Hall–Kier alpha value is -2.77. The van der Waals surface area contributed by atoms with Crippen LogP contribution in [0.5, 0.6) is 0 Å². The van der Waals surface area contributed by atoms with Gasteiger partial charge < -0.3 is 0 Å². The molecule has 3 nitrogen and oxygen atoms in total. The lowest BCUT2D eigenvalue weighted by Gasteiger charge is -2.12. The maximum atomic E-state index is 12.0. The number of hydrogen-bond acceptors (Lipinski definition) is 3. The van der Waals surface area contributed by atoms with Crippen LogP contribution in [0.3, 0.4) is 0 Å². The van der Waals surface area contributed by atoms with Crippen LogP contribution in [0.1, 0.15) is 22.7 Å². The van der Waals surface area contributed by atoms with Crippen molar-refractivity contribution in [3.05, 3.63) is 71.8 Å². The summed E-state index contributed by atoms with van der Waals surface area (Å²) in [6.45, 7) is 3.48. The van der Waals surface area contributed by atoms with E-state index in [1.807, 2.05) is 30.3 Å². The average molecular weight is 275 g/mol. The number of hydrogen-bond donors (Lipinski definition) is 0. The SMILES string of the molecule is C=CC(=O)C(N=C=O)c1cccc2c1Cc1ccccc1-2. The van der Waals surface area contributed by atoms with Crippen molar-refractivity contribution in [1.29, 1.82) is 0 Å². The number of ketones is 1. The fourth-order valence-corrected chi connectivity index (χ4v) is 2.89. The molecule has 0 fully saturated rings. The van der Waals surface area contributed by atoms with Crippen LogP contribution in [0.2, 0.25) is 0 Å². The van der Waals surface area contributed by atoms with Crippen LogP contribution in [-0.4, -0.2) is 11.9 Å². The number of isocyanates is 1. The first-order valence-corrected chi connectivity index (χ1v) is 6.69. The van der Waals surface area contributed by atoms with E-state index in [4.69, 9.17) is 0 Å². The Kier molecular flexibility index (Phi) is 3.35. The lowest BCUT2D eigenvalue weighted by Crippen LogP contribution is -2.09. The van der Waals surface area contributed by atoms with Crippen LogP contribution >= 0.6 is 0 Å². The van der Waals surface area contributed by atoms with Gasteiger partial charge in [-0.2, -0.15) is 4.99 Å². The number of rotatable bonds is 4. The van der Waals surface area contributed by atoms with E-state index in [1.54, 1.807) is 0 Å². The molecule has 21 heavy (non-hydrogen) atoms. The molecule has 0 amide bonds. The molecule has 0 N–H and O–H groups in total. The van der Waals surface area contributed by atoms with E-state index in [2.05, 4.69) is 23.7 Å². The first-order valence-electron chi connectivity index (χ1n) is 6.69. The van der Waals surface area contributed by atoms with Crippen molar-refractivity contribution in [3.63, 3.8) is 0 Å². The van der Waals surface area contributed by atoms with Crippen molar-refractivity contribution >= 4 is 11.9 Å². The van der Waals surface area contributed by atoms with Crippen molar-refractivity contribution in [2.75, 3.05) is 0 Å². The van der Waals surface area contributed by atoms with Gasteiger partial charge in [0.1, 0.15) is 0 Å². The standard InChI is InChI=1S/C18H13NO2/c1-2-17(21)18(19-11-20)15-9-5-8-14-13-7-4-3-6-12(13)10-16(14)15/h2-9,18H,1,10H2. The van der Waals surface area contributed by atoms with Crippen LogP contribution in [0.15, 0.2) is 60.1 Å². The molecule has 1 atom stereocenters. The van der Waals surface area contributed by atoms with Crippen molar-refractivity contribution < 1.29 is 9.59 Å². The third-order valence-electron chi connectivity index (χ3n) is 3.83. The van der Waals surface area contributed by atoms with E-state index < -0.39 is 6.04 Å². The Morgan fingerprint density at radius 2 is 1.95 bits per heavy atom. The molecule has 0 radical (unpaired) electrons. The molecule has 3 rings (SSSR count). The largest absolute Gasteiger partial charge is 0.292 e. The Morgan fingerprint density at radius 1 is 1.19 bits per heavy atom. The van der Waals surface area contributed by atoms with Crippen molar-refractivity contribution in [2.45, 2.75) is 12.5 Å². The molecule has 0 aromatic heterocycles. The summed E-state index contributed by atoms with van der Waals surface area (Å²) in [5.74, 6) is -0.289. The van der Waals surface area contributed by atoms with E-state index >= 15 is 0 Å². The summed E-state index contributed by atoms with van der Waals surface area (Å²) in [4.78, 5) is 26.3. The van der Waals surface area contributed by atoms with E-state index in [-0.39, 0.29) is 5.78 Å². The topological polar surface area (TPSA) is 46.5 Å². The van der Waals surface area contributed by atoms with E-state index in [0.717, 1.165) is 23.1 Å². The van der Waals surface area contributed by atoms with Gasteiger partial charge in [0.25, 0.3) is 0 Å². The third kappa shape index (κ3) is 2.14. The number of carbonyl (C=O) groups excluding carboxylic acids is 2. The quantitative estimate of drug-likeness (QED) is 0.416. The summed E-state index contributed by atoms with van der Waals surface area (Å²) in [5.41, 5.74) is 5.31. The second kappa shape index (κ2) is 5.31. The molecule has 0 saturated carbocycles. The molecular weight excluding hydrogens is 262 g/mol. The Morgan fingerprint density at radius 3 is 2.71 bits per heavy atom. The number of benzene rings is 2. The van der Waals surface area contributed by atoms with Gasteiger partial charge in [-0.05, 0) is 40.3 Å². The molecule has 1 aliphatic carbocycles. The fraction of sp³-hybridized carbons (Fsp3) is 0.111. The average Bonchev–Trinajstić information content (AvgIpc) is 2.91. The van der Waals surface area contributed by atoms with Gasteiger partial charge >= 0.3 is 0 Å². The second-order valence-electron chi connectivity index (χ2n) is 4.94. The van der Waals surface area contributed by atoms with Gasteiger partial charge in [0.05, 0.1) is 0 Å². The maximum absolute atomic E-state index is 12.0. The zero-order valence-electron chi connectivity index (χ0n) is 11.4. The van der Waals surface area contributed by atoms with Crippen molar-refractivity contribution in [2.24, 2.45) is 4.99 Å². The van der Waals surface area contributed by atoms with Gasteiger partial charge in [-0.1, -0.05) is 49.0 Å². The lowest BCUT2D eigenvalue weighted by molar-refractivity contribution is -0.115.